The number of piperidine rings is 1. The molecule has 2 aliphatic heterocycles. The molecule has 0 amide bonds. The van der Waals surface area contributed by atoms with Crippen LogP contribution < -0.4 is 10.3 Å². The zero-order chi connectivity index (χ0) is 23.2. The van der Waals surface area contributed by atoms with E-state index in [2.05, 4.69) is 9.64 Å². The molecule has 5 rings (SSSR count). The van der Waals surface area contributed by atoms with Crippen molar-refractivity contribution in [2.24, 2.45) is 5.92 Å². The van der Waals surface area contributed by atoms with Crippen molar-refractivity contribution in [3.63, 3.8) is 0 Å². The van der Waals surface area contributed by atoms with Gasteiger partial charge in [-0.15, -0.1) is 13.2 Å². The third-order valence-electron chi connectivity index (χ3n) is 6.46. The smallest absolute Gasteiger partial charge is 0.508 e. The van der Waals surface area contributed by atoms with Crippen LogP contribution in [-0.2, 0) is 13.1 Å². The lowest BCUT2D eigenvalue weighted by Crippen LogP contribution is -2.46. The van der Waals surface area contributed by atoms with Gasteiger partial charge in [-0.3, -0.25) is 9.69 Å². The van der Waals surface area contributed by atoms with Gasteiger partial charge in [0.1, 0.15) is 11.5 Å². The lowest BCUT2D eigenvalue weighted by atomic mass is 9.82. The summed E-state index contributed by atoms with van der Waals surface area (Å²) in [5.41, 5.74) is 2.77. The molecule has 8 heteroatoms. The summed E-state index contributed by atoms with van der Waals surface area (Å²) in [4.78, 5) is 15.6. The van der Waals surface area contributed by atoms with Crippen LogP contribution in [0.4, 0.5) is 13.2 Å². The van der Waals surface area contributed by atoms with Gasteiger partial charge in [0.2, 0.25) is 0 Å². The fourth-order valence-electron chi connectivity index (χ4n) is 5.12. The number of aromatic hydroxyl groups is 1. The minimum Gasteiger partial charge on any atom is -0.508 e. The number of halogens is 3. The van der Waals surface area contributed by atoms with Crippen LogP contribution in [0.5, 0.6) is 11.5 Å². The first-order chi connectivity index (χ1) is 15.8. The van der Waals surface area contributed by atoms with Gasteiger partial charge in [-0.25, -0.2) is 0 Å². The number of hydrogen-bond acceptors (Lipinski definition) is 4. The predicted octanol–water partition coefficient (Wildman–Crippen LogP) is 4.74. The highest BCUT2D eigenvalue weighted by Crippen LogP contribution is 2.37. The molecule has 0 aliphatic carbocycles. The van der Waals surface area contributed by atoms with Gasteiger partial charge in [-0.1, -0.05) is 30.3 Å². The minimum atomic E-state index is -4.75. The molecular formula is C25H23F3N2O3. The number of para-hydroxylation sites is 1. The zero-order valence-corrected chi connectivity index (χ0v) is 17.8. The fraction of sp³-hybridized carbons (Fsp3) is 0.320. The Labute approximate surface area is 188 Å². The van der Waals surface area contributed by atoms with Crippen LogP contribution in [0.15, 0.2) is 65.5 Å². The van der Waals surface area contributed by atoms with Gasteiger partial charge in [0.05, 0.1) is 0 Å². The number of nitrogens with zero attached hydrogens (tertiary/aromatic N) is 2. The molecule has 33 heavy (non-hydrogen) atoms. The van der Waals surface area contributed by atoms with Crippen molar-refractivity contribution >= 4 is 0 Å². The number of phenolic OH excluding ortho intramolecular Hbond substituents is 1. The lowest BCUT2D eigenvalue weighted by molar-refractivity contribution is -0.274. The summed E-state index contributed by atoms with van der Waals surface area (Å²) in [7, 11) is 0. The van der Waals surface area contributed by atoms with Crippen LogP contribution in [0.3, 0.4) is 0 Å². The molecule has 0 spiro atoms. The van der Waals surface area contributed by atoms with Gasteiger partial charge >= 0.3 is 6.36 Å². The summed E-state index contributed by atoms with van der Waals surface area (Å²) in [6, 6.07) is 16.4. The normalized spacial score (nSPS) is 20.3. The highest BCUT2D eigenvalue weighted by atomic mass is 19.4. The Morgan fingerprint density at radius 2 is 1.73 bits per heavy atom. The number of aromatic nitrogens is 1. The molecule has 3 heterocycles. The van der Waals surface area contributed by atoms with Crippen molar-refractivity contribution in [1.29, 1.82) is 0 Å². The average Bonchev–Trinajstić information content (AvgIpc) is 2.76. The number of likely N-dealkylation sites (tertiary alicyclic amines) is 1. The second-order valence-corrected chi connectivity index (χ2v) is 8.78. The van der Waals surface area contributed by atoms with Crippen LogP contribution in [0.25, 0.3) is 11.1 Å². The summed E-state index contributed by atoms with van der Waals surface area (Å²) in [6.07, 6.45) is -3.74. The Morgan fingerprint density at radius 3 is 2.45 bits per heavy atom. The van der Waals surface area contributed by atoms with Crippen molar-refractivity contribution in [3.8, 4) is 22.6 Å². The maximum atomic E-state index is 13.3. The molecule has 1 aromatic heterocycles. The van der Waals surface area contributed by atoms with Crippen molar-refractivity contribution in [1.82, 2.24) is 9.47 Å². The third-order valence-corrected chi connectivity index (χ3v) is 6.46. The SMILES string of the molecule is O=c1c(-c2ccc(OC(F)(F)F)cc2)ccc2n1CC1CC2CN(Cc2ccccc2O)C1. The van der Waals surface area contributed by atoms with Crippen LogP contribution in [0.1, 0.15) is 23.6 Å². The molecule has 2 aromatic carbocycles. The molecule has 2 aliphatic rings. The molecule has 5 nitrogen and oxygen atoms in total. The highest BCUT2D eigenvalue weighted by molar-refractivity contribution is 5.63. The Morgan fingerprint density at radius 1 is 0.970 bits per heavy atom. The summed E-state index contributed by atoms with van der Waals surface area (Å²) in [5.74, 6) is 0.509. The van der Waals surface area contributed by atoms with E-state index in [0.717, 1.165) is 30.8 Å². The standard InChI is InChI=1S/C25H23F3N2O3/c26-25(27,28)33-20-7-5-17(6-8-20)21-9-10-22-19-11-16(13-30(22)24(21)32)12-29(15-19)14-18-3-1-2-4-23(18)31/h1-10,16,19,31H,11-15H2. The molecule has 1 fully saturated rings. The average molecular weight is 456 g/mol. The number of alkyl halides is 3. The van der Waals surface area contributed by atoms with Gasteiger partial charge in [-0.2, -0.15) is 0 Å². The molecule has 172 valence electrons. The summed E-state index contributed by atoms with van der Waals surface area (Å²) < 4.78 is 43.0. The lowest BCUT2D eigenvalue weighted by Gasteiger charge is -2.43. The second kappa shape index (κ2) is 8.26. The first kappa shape index (κ1) is 21.6. The maximum Gasteiger partial charge on any atom is 0.573 e. The van der Waals surface area contributed by atoms with Crippen molar-refractivity contribution in [3.05, 3.63) is 82.3 Å². The second-order valence-electron chi connectivity index (χ2n) is 8.78. The van der Waals surface area contributed by atoms with Crippen LogP contribution >= 0.6 is 0 Å². The predicted molar refractivity (Wildman–Crippen MR) is 117 cm³/mol. The van der Waals surface area contributed by atoms with Crippen LogP contribution in [0, 0.1) is 5.92 Å². The van der Waals surface area contributed by atoms with E-state index in [1.807, 2.05) is 22.8 Å². The van der Waals surface area contributed by atoms with Gasteiger partial charge in [-0.05, 0) is 48.2 Å². The molecular weight excluding hydrogens is 433 g/mol. The minimum absolute atomic E-state index is 0.124. The Hall–Kier alpha value is -3.26. The number of fused-ring (bicyclic) bond motifs is 4. The number of rotatable bonds is 4. The van der Waals surface area contributed by atoms with Crippen molar-refractivity contribution < 1.29 is 23.0 Å². The van der Waals surface area contributed by atoms with Gasteiger partial charge in [0.15, 0.2) is 0 Å². The Kier molecular flexibility index (Phi) is 5.40. The van der Waals surface area contributed by atoms with E-state index in [4.69, 9.17) is 0 Å². The number of phenols is 1. The molecule has 1 N–H and O–H groups in total. The molecule has 0 saturated carbocycles. The number of ether oxygens (including phenoxy) is 1. The van der Waals surface area contributed by atoms with E-state index in [-0.39, 0.29) is 17.2 Å². The Balaban J connectivity index is 1.38. The van der Waals surface area contributed by atoms with Crippen LogP contribution in [0.2, 0.25) is 0 Å². The van der Waals surface area contributed by atoms with Gasteiger partial charge in [0, 0.05) is 48.9 Å². The topological polar surface area (TPSA) is 54.7 Å². The third kappa shape index (κ3) is 4.48. The Bertz CT molecular complexity index is 1220. The van der Waals surface area contributed by atoms with Crippen LogP contribution in [-0.4, -0.2) is 34.0 Å². The van der Waals surface area contributed by atoms with E-state index >= 15 is 0 Å². The van der Waals surface area contributed by atoms with Gasteiger partial charge < -0.3 is 14.4 Å². The summed E-state index contributed by atoms with van der Waals surface area (Å²) in [5, 5.41) is 10.1. The molecule has 2 unspecified atom stereocenters. The largest absolute Gasteiger partial charge is 0.573 e. The highest BCUT2D eigenvalue weighted by Gasteiger charge is 2.35. The molecule has 2 bridgehead atoms. The van der Waals surface area contributed by atoms with E-state index < -0.39 is 6.36 Å². The number of hydrogen-bond donors (Lipinski definition) is 1. The van der Waals surface area contributed by atoms with Crippen molar-refractivity contribution in [2.75, 3.05) is 13.1 Å². The van der Waals surface area contributed by atoms with E-state index in [0.29, 0.717) is 35.9 Å². The fourth-order valence-corrected chi connectivity index (χ4v) is 5.12. The van der Waals surface area contributed by atoms with E-state index in [9.17, 15) is 23.1 Å². The molecule has 3 aromatic rings. The molecule has 1 saturated heterocycles. The van der Waals surface area contributed by atoms with E-state index in [1.165, 1.54) is 24.3 Å². The zero-order valence-electron chi connectivity index (χ0n) is 17.8. The monoisotopic (exact) mass is 456 g/mol. The number of benzene rings is 2. The first-order valence-electron chi connectivity index (χ1n) is 10.9. The van der Waals surface area contributed by atoms with E-state index in [1.54, 1.807) is 18.2 Å². The number of pyridine rings is 1. The molecule has 2 atom stereocenters. The summed E-state index contributed by atoms with van der Waals surface area (Å²) in [6.45, 7) is 2.90. The first-order valence-corrected chi connectivity index (χ1v) is 10.9. The maximum absolute atomic E-state index is 13.3. The summed E-state index contributed by atoms with van der Waals surface area (Å²) >= 11 is 0. The van der Waals surface area contributed by atoms with Gasteiger partial charge in [0.25, 0.3) is 5.56 Å². The van der Waals surface area contributed by atoms with Crippen molar-refractivity contribution in [2.45, 2.75) is 31.8 Å². The quantitative estimate of drug-likeness (QED) is 0.616. The molecule has 0 radical (unpaired) electrons.